The molecule has 0 atom stereocenters. The second kappa shape index (κ2) is 3.06. The molecule has 3 nitrogen and oxygen atoms in total. The van der Waals surface area contributed by atoms with Crippen molar-refractivity contribution in [2.75, 3.05) is 6.61 Å². The lowest BCUT2D eigenvalue weighted by atomic mass is 10.3. The lowest BCUT2D eigenvalue weighted by Crippen LogP contribution is -2.02. The standard InChI is InChI=1S/C7H7O3/c1-2-10-7(8)6-3-4-9-5-6/h3-4H,2H2,1H3. The molecule has 10 heavy (non-hydrogen) atoms. The van der Waals surface area contributed by atoms with E-state index in [-0.39, 0.29) is 0 Å². The first-order chi connectivity index (χ1) is 4.84. The third-order valence-electron chi connectivity index (χ3n) is 0.967. The fourth-order valence-electron chi connectivity index (χ4n) is 0.552. The van der Waals surface area contributed by atoms with Gasteiger partial charge in [-0.2, -0.15) is 0 Å². The van der Waals surface area contributed by atoms with Crippen molar-refractivity contribution < 1.29 is 13.9 Å². The fourth-order valence-corrected chi connectivity index (χ4v) is 0.552. The largest absolute Gasteiger partial charge is 0.462 e. The zero-order valence-corrected chi connectivity index (χ0v) is 5.59. The molecule has 0 aliphatic heterocycles. The van der Waals surface area contributed by atoms with Crippen molar-refractivity contribution in [1.29, 1.82) is 0 Å². The van der Waals surface area contributed by atoms with E-state index >= 15 is 0 Å². The molecular formula is C7H7O3. The van der Waals surface area contributed by atoms with Gasteiger partial charge in [-0.1, -0.05) is 0 Å². The van der Waals surface area contributed by atoms with Crippen LogP contribution in [0.2, 0.25) is 0 Å². The molecule has 3 heteroatoms. The van der Waals surface area contributed by atoms with E-state index in [1.165, 1.54) is 12.3 Å². The van der Waals surface area contributed by atoms with Gasteiger partial charge in [0.2, 0.25) is 0 Å². The van der Waals surface area contributed by atoms with Crippen molar-refractivity contribution in [2.24, 2.45) is 0 Å². The minimum absolute atomic E-state index is 0.335. The second-order valence-electron chi connectivity index (χ2n) is 1.66. The van der Waals surface area contributed by atoms with Crippen molar-refractivity contribution in [1.82, 2.24) is 0 Å². The van der Waals surface area contributed by atoms with E-state index in [4.69, 9.17) is 0 Å². The van der Waals surface area contributed by atoms with E-state index in [2.05, 4.69) is 15.4 Å². The van der Waals surface area contributed by atoms with Gasteiger partial charge in [0.1, 0.15) is 5.56 Å². The summed E-state index contributed by atoms with van der Waals surface area (Å²) in [6.45, 7) is 2.12. The summed E-state index contributed by atoms with van der Waals surface area (Å²) in [4.78, 5) is 10.8. The highest BCUT2D eigenvalue weighted by atomic mass is 16.5. The number of furan rings is 1. The molecule has 0 N–H and O–H groups in total. The Morgan fingerprint density at radius 1 is 1.90 bits per heavy atom. The average molecular weight is 139 g/mol. The molecule has 0 unspecified atom stereocenters. The van der Waals surface area contributed by atoms with E-state index in [9.17, 15) is 4.79 Å². The molecule has 0 fully saturated rings. The van der Waals surface area contributed by atoms with Gasteiger partial charge in [0, 0.05) is 0 Å². The predicted molar refractivity (Wildman–Crippen MR) is 33.5 cm³/mol. The molecule has 0 aromatic carbocycles. The van der Waals surface area contributed by atoms with Gasteiger partial charge in [0.05, 0.1) is 12.9 Å². The first-order valence-electron chi connectivity index (χ1n) is 2.97. The Kier molecular flexibility index (Phi) is 2.10. The normalized spacial score (nSPS) is 9.30. The SMILES string of the molecule is CCOC(=O)c1[c]occ1. The number of hydrogen-bond donors (Lipinski definition) is 0. The van der Waals surface area contributed by atoms with Crippen LogP contribution in [0.15, 0.2) is 16.7 Å². The summed E-state index contributed by atoms with van der Waals surface area (Å²) in [7, 11) is 0. The summed E-state index contributed by atoms with van der Waals surface area (Å²) in [5, 5.41) is 0. The Morgan fingerprint density at radius 3 is 3.20 bits per heavy atom. The third-order valence-corrected chi connectivity index (χ3v) is 0.967. The zero-order valence-electron chi connectivity index (χ0n) is 5.59. The van der Waals surface area contributed by atoms with E-state index in [0.29, 0.717) is 12.2 Å². The first-order valence-corrected chi connectivity index (χ1v) is 2.97. The smallest absolute Gasteiger partial charge is 0.342 e. The summed E-state index contributed by atoms with van der Waals surface area (Å²) >= 11 is 0. The minimum Gasteiger partial charge on any atom is -0.462 e. The molecule has 0 bridgehead atoms. The maximum absolute atomic E-state index is 10.8. The summed E-state index contributed by atoms with van der Waals surface area (Å²) < 4.78 is 9.21. The topological polar surface area (TPSA) is 39.4 Å². The van der Waals surface area contributed by atoms with E-state index in [1.54, 1.807) is 6.92 Å². The Morgan fingerprint density at radius 2 is 2.70 bits per heavy atom. The number of carbonyl (C=O) groups is 1. The highest BCUT2D eigenvalue weighted by Crippen LogP contribution is 2.00. The van der Waals surface area contributed by atoms with Crippen molar-refractivity contribution >= 4 is 5.97 Å². The van der Waals surface area contributed by atoms with Crippen LogP contribution in [0.25, 0.3) is 0 Å². The monoisotopic (exact) mass is 139 g/mol. The van der Waals surface area contributed by atoms with Crippen LogP contribution in [0, 0.1) is 6.26 Å². The van der Waals surface area contributed by atoms with Gasteiger partial charge in [0.25, 0.3) is 0 Å². The molecule has 1 radical (unpaired) electrons. The first kappa shape index (κ1) is 6.86. The summed E-state index contributed by atoms with van der Waals surface area (Å²) in [6, 6.07) is 1.51. The molecule has 0 saturated heterocycles. The van der Waals surface area contributed by atoms with Gasteiger partial charge in [-0.25, -0.2) is 4.79 Å². The summed E-state index contributed by atoms with van der Waals surface area (Å²) in [6.07, 6.45) is 3.75. The number of esters is 1. The third kappa shape index (κ3) is 1.37. The van der Waals surface area contributed by atoms with Crippen LogP contribution in [-0.4, -0.2) is 12.6 Å². The van der Waals surface area contributed by atoms with Gasteiger partial charge < -0.3 is 9.15 Å². The van der Waals surface area contributed by atoms with Crippen LogP contribution in [0.1, 0.15) is 17.3 Å². The molecule has 53 valence electrons. The van der Waals surface area contributed by atoms with Crippen molar-refractivity contribution in [3.05, 3.63) is 24.2 Å². The zero-order chi connectivity index (χ0) is 7.40. The Balaban J connectivity index is 2.59. The Labute approximate surface area is 58.6 Å². The summed E-state index contributed by atoms with van der Waals surface area (Å²) in [5.41, 5.74) is 0.335. The van der Waals surface area contributed by atoms with Crippen LogP contribution in [0.4, 0.5) is 0 Å². The molecule has 1 aromatic heterocycles. The van der Waals surface area contributed by atoms with E-state index in [0.717, 1.165) is 0 Å². The lowest BCUT2D eigenvalue weighted by Gasteiger charge is -1.94. The molecule has 0 aliphatic rings. The quantitative estimate of drug-likeness (QED) is 0.579. The lowest BCUT2D eigenvalue weighted by molar-refractivity contribution is 0.0525. The van der Waals surface area contributed by atoms with Crippen LogP contribution >= 0.6 is 0 Å². The number of carbonyl (C=O) groups excluding carboxylic acids is 1. The number of hydrogen-bond acceptors (Lipinski definition) is 3. The van der Waals surface area contributed by atoms with Crippen molar-refractivity contribution in [3.8, 4) is 0 Å². The van der Waals surface area contributed by atoms with Gasteiger partial charge >= 0.3 is 5.97 Å². The Hall–Kier alpha value is -1.25. The van der Waals surface area contributed by atoms with Gasteiger partial charge in [0.15, 0.2) is 6.26 Å². The van der Waals surface area contributed by atoms with Crippen LogP contribution < -0.4 is 0 Å². The molecule has 0 aliphatic carbocycles. The van der Waals surface area contributed by atoms with E-state index < -0.39 is 5.97 Å². The molecule has 0 amide bonds. The van der Waals surface area contributed by atoms with Gasteiger partial charge in [-0.05, 0) is 13.0 Å². The molecule has 1 aromatic rings. The number of rotatable bonds is 2. The molecule has 1 heterocycles. The predicted octanol–water partition coefficient (Wildman–Crippen LogP) is 1.26. The maximum atomic E-state index is 10.8. The molecule has 0 spiro atoms. The highest BCUT2D eigenvalue weighted by Gasteiger charge is 2.06. The average Bonchev–Trinajstić information content (AvgIpc) is 2.38. The van der Waals surface area contributed by atoms with E-state index in [1.807, 2.05) is 0 Å². The summed E-state index contributed by atoms with van der Waals surface area (Å²) in [5.74, 6) is -0.392. The maximum Gasteiger partial charge on any atom is 0.342 e. The van der Waals surface area contributed by atoms with Crippen LogP contribution in [0.5, 0.6) is 0 Å². The Bertz CT molecular complexity index is 201. The van der Waals surface area contributed by atoms with Crippen LogP contribution in [-0.2, 0) is 4.74 Å². The fraction of sp³-hybridized carbons (Fsp3) is 0.286. The van der Waals surface area contributed by atoms with Gasteiger partial charge in [-0.15, -0.1) is 0 Å². The molecule has 0 saturated carbocycles. The van der Waals surface area contributed by atoms with Crippen molar-refractivity contribution in [2.45, 2.75) is 6.92 Å². The van der Waals surface area contributed by atoms with Crippen molar-refractivity contribution in [3.63, 3.8) is 0 Å². The highest BCUT2D eigenvalue weighted by molar-refractivity contribution is 5.88. The molecular weight excluding hydrogens is 132 g/mol. The second-order valence-corrected chi connectivity index (χ2v) is 1.66. The van der Waals surface area contributed by atoms with Crippen LogP contribution in [0.3, 0.4) is 0 Å². The molecule has 1 rings (SSSR count). The minimum atomic E-state index is -0.392. The van der Waals surface area contributed by atoms with Gasteiger partial charge in [-0.3, -0.25) is 0 Å². The number of ether oxygens (including phenoxy) is 1.